The minimum Gasteiger partial charge on any atom is -0.501 e. The predicted molar refractivity (Wildman–Crippen MR) is 111 cm³/mol. The van der Waals surface area contributed by atoms with Gasteiger partial charge in [-0.05, 0) is 25.3 Å². The Morgan fingerprint density at radius 3 is 2.81 bits per heavy atom. The molecule has 0 saturated heterocycles. The first kappa shape index (κ1) is 18.5. The number of hydrogen-bond acceptors (Lipinski definition) is 4. The van der Waals surface area contributed by atoms with Crippen LogP contribution in [-0.2, 0) is 4.74 Å². The molecule has 0 spiro atoms. The van der Waals surface area contributed by atoms with Crippen molar-refractivity contribution in [3.63, 3.8) is 0 Å². The van der Waals surface area contributed by atoms with Crippen molar-refractivity contribution in [3.8, 4) is 0 Å². The van der Waals surface area contributed by atoms with Crippen LogP contribution in [0.4, 0.5) is 0 Å². The Bertz CT molecular complexity index is 1010. The third kappa shape index (κ3) is 3.47. The third-order valence-electron chi connectivity index (χ3n) is 4.59. The van der Waals surface area contributed by atoms with E-state index in [1.54, 1.807) is 24.7 Å². The lowest BCUT2D eigenvalue weighted by Crippen LogP contribution is -2.09. The zero-order chi connectivity index (χ0) is 18.5. The number of ether oxygens (including phenoxy) is 1. The van der Waals surface area contributed by atoms with Gasteiger partial charge in [-0.2, -0.15) is 0 Å². The van der Waals surface area contributed by atoms with E-state index in [1.807, 2.05) is 18.2 Å². The normalized spacial score (nSPS) is 12.4. The molecule has 0 saturated carbocycles. The lowest BCUT2D eigenvalue weighted by molar-refractivity contribution is 0.278. The van der Waals surface area contributed by atoms with Crippen LogP contribution in [0, 0.1) is 0 Å². The summed E-state index contributed by atoms with van der Waals surface area (Å²) in [5.41, 5.74) is 1.34. The van der Waals surface area contributed by atoms with Gasteiger partial charge in [0, 0.05) is 27.5 Å². The number of fused-ring (bicyclic) bond motifs is 3. The summed E-state index contributed by atoms with van der Waals surface area (Å²) in [6.45, 7) is 5.95. The van der Waals surface area contributed by atoms with E-state index in [-0.39, 0.29) is 5.63 Å². The van der Waals surface area contributed by atoms with Crippen LogP contribution in [0.15, 0.2) is 58.2 Å². The zero-order valence-corrected chi connectivity index (χ0v) is 16.2. The van der Waals surface area contributed by atoms with Gasteiger partial charge in [0.05, 0.1) is 23.1 Å². The fraction of sp³-hybridized carbons (Fsp3) is 0.318. The highest BCUT2D eigenvalue weighted by atomic mass is 32.1. The predicted octanol–water partition coefficient (Wildman–Crippen LogP) is 6.52. The van der Waals surface area contributed by atoms with Gasteiger partial charge in [0.2, 0.25) is 0 Å². The summed E-state index contributed by atoms with van der Waals surface area (Å²) in [5, 5.41) is 2.09. The van der Waals surface area contributed by atoms with Crippen molar-refractivity contribution in [1.29, 1.82) is 0 Å². The van der Waals surface area contributed by atoms with Crippen LogP contribution in [0.2, 0.25) is 0 Å². The van der Waals surface area contributed by atoms with Gasteiger partial charge in [-0.25, -0.2) is 4.79 Å². The molecule has 1 aromatic carbocycles. The molecule has 2 heterocycles. The maximum atomic E-state index is 12.8. The van der Waals surface area contributed by atoms with E-state index in [1.165, 1.54) is 0 Å². The maximum absolute atomic E-state index is 12.8. The SMILES string of the molecule is C=CCC/C(OC)=C(\CCCC)c1c(=O)occ2sc3ccccc3c12. The van der Waals surface area contributed by atoms with Crippen LogP contribution in [0.1, 0.15) is 44.6 Å². The average molecular weight is 368 g/mol. The Morgan fingerprint density at radius 2 is 2.08 bits per heavy atom. The van der Waals surface area contributed by atoms with Crippen molar-refractivity contribution < 1.29 is 9.15 Å². The highest BCUT2D eigenvalue weighted by Crippen LogP contribution is 2.39. The molecule has 0 amide bonds. The topological polar surface area (TPSA) is 39.4 Å². The average Bonchev–Trinajstić information content (AvgIpc) is 3.04. The Kier molecular flexibility index (Phi) is 5.94. The molecule has 0 fully saturated rings. The van der Waals surface area contributed by atoms with Crippen molar-refractivity contribution in [3.05, 3.63) is 64.9 Å². The number of allylic oxidation sites excluding steroid dienone is 3. The number of rotatable bonds is 8. The number of benzene rings is 1. The van der Waals surface area contributed by atoms with Crippen molar-refractivity contribution in [2.75, 3.05) is 7.11 Å². The van der Waals surface area contributed by atoms with Crippen LogP contribution in [0.5, 0.6) is 0 Å². The fourth-order valence-electron chi connectivity index (χ4n) is 3.31. The van der Waals surface area contributed by atoms with Gasteiger partial charge in [-0.1, -0.05) is 37.6 Å². The van der Waals surface area contributed by atoms with Gasteiger partial charge in [-0.15, -0.1) is 17.9 Å². The minimum absolute atomic E-state index is 0.291. The molecule has 0 bridgehead atoms. The first-order valence-corrected chi connectivity index (χ1v) is 9.83. The summed E-state index contributed by atoms with van der Waals surface area (Å²) in [7, 11) is 1.68. The molecule has 4 heteroatoms. The van der Waals surface area contributed by atoms with E-state index >= 15 is 0 Å². The summed E-state index contributed by atoms with van der Waals surface area (Å²) in [4.78, 5) is 12.8. The molecule has 0 unspecified atom stereocenters. The lowest BCUT2D eigenvalue weighted by atomic mass is 9.95. The first-order valence-electron chi connectivity index (χ1n) is 9.01. The summed E-state index contributed by atoms with van der Waals surface area (Å²) in [6.07, 6.45) is 7.84. The molecule has 3 nitrogen and oxygen atoms in total. The molecule has 0 aliphatic carbocycles. The Morgan fingerprint density at radius 1 is 1.27 bits per heavy atom. The van der Waals surface area contributed by atoms with Crippen LogP contribution >= 0.6 is 11.3 Å². The number of hydrogen-bond donors (Lipinski definition) is 0. The molecule has 0 atom stereocenters. The van der Waals surface area contributed by atoms with Crippen LogP contribution < -0.4 is 5.63 Å². The van der Waals surface area contributed by atoms with Gasteiger partial charge >= 0.3 is 5.63 Å². The van der Waals surface area contributed by atoms with E-state index in [2.05, 4.69) is 25.6 Å². The van der Waals surface area contributed by atoms with E-state index in [4.69, 9.17) is 9.15 Å². The van der Waals surface area contributed by atoms with Crippen LogP contribution in [0.3, 0.4) is 0 Å². The second-order valence-corrected chi connectivity index (χ2v) is 7.36. The molecular formula is C22H24O3S. The largest absolute Gasteiger partial charge is 0.501 e. The molecule has 0 N–H and O–H groups in total. The van der Waals surface area contributed by atoms with Gasteiger partial charge in [0.1, 0.15) is 6.26 Å². The second kappa shape index (κ2) is 8.37. The summed E-state index contributed by atoms with van der Waals surface area (Å²) in [6, 6.07) is 8.19. The smallest absolute Gasteiger partial charge is 0.344 e. The van der Waals surface area contributed by atoms with E-state index in [9.17, 15) is 4.79 Å². The van der Waals surface area contributed by atoms with Gasteiger partial charge in [0.25, 0.3) is 0 Å². The molecule has 2 aromatic heterocycles. The van der Waals surface area contributed by atoms with Crippen molar-refractivity contribution in [1.82, 2.24) is 0 Å². The van der Waals surface area contributed by atoms with Gasteiger partial charge in [0.15, 0.2) is 0 Å². The minimum atomic E-state index is -0.291. The standard InChI is InChI=1S/C22H24O3S/c1-4-6-10-15(17(24-3)12-7-5-2)21-20-16-11-8-9-13-18(16)26-19(20)14-25-22(21)23/h5,8-9,11,13-14H,2,4,6-7,10,12H2,1,3H3/b17-15-. The molecular weight excluding hydrogens is 344 g/mol. The van der Waals surface area contributed by atoms with Gasteiger partial charge in [-0.3, -0.25) is 0 Å². The van der Waals surface area contributed by atoms with E-state index in [0.717, 1.165) is 63.6 Å². The maximum Gasteiger partial charge on any atom is 0.344 e. The molecule has 3 aromatic rings. The molecule has 0 aliphatic heterocycles. The summed E-state index contributed by atoms with van der Waals surface area (Å²) < 4.78 is 13.3. The van der Waals surface area contributed by atoms with Crippen molar-refractivity contribution in [2.24, 2.45) is 0 Å². The lowest BCUT2D eigenvalue weighted by Gasteiger charge is -2.14. The molecule has 3 rings (SSSR count). The Labute approximate surface area is 157 Å². The second-order valence-electron chi connectivity index (χ2n) is 6.27. The number of methoxy groups -OCH3 is 1. The number of thiophene rings is 1. The van der Waals surface area contributed by atoms with Crippen LogP contribution in [-0.4, -0.2) is 7.11 Å². The highest BCUT2D eigenvalue weighted by Gasteiger charge is 2.20. The summed E-state index contributed by atoms with van der Waals surface area (Å²) >= 11 is 1.65. The Hall–Kier alpha value is -2.33. The van der Waals surface area contributed by atoms with Crippen LogP contribution in [0.25, 0.3) is 25.7 Å². The molecule has 0 aliphatic rings. The Balaban J connectivity index is 2.34. The zero-order valence-electron chi connectivity index (χ0n) is 15.3. The highest BCUT2D eigenvalue weighted by molar-refractivity contribution is 7.25. The van der Waals surface area contributed by atoms with Crippen molar-refractivity contribution in [2.45, 2.75) is 39.0 Å². The summed E-state index contributed by atoms with van der Waals surface area (Å²) in [5.74, 6) is 0.855. The number of unbranched alkanes of at least 4 members (excludes halogenated alkanes) is 1. The molecule has 26 heavy (non-hydrogen) atoms. The molecule has 0 radical (unpaired) electrons. The van der Waals surface area contributed by atoms with E-state index in [0.29, 0.717) is 5.56 Å². The van der Waals surface area contributed by atoms with Crippen molar-refractivity contribution >= 4 is 37.1 Å². The third-order valence-corrected chi connectivity index (χ3v) is 5.69. The molecule has 136 valence electrons. The van der Waals surface area contributed by atoms with Gasteiger partial charge < -0.3 is 9.15 Å². The first-order chi connectivity index (χ1) is 12.7. The fourth-order valence-corrected chi connectivity index (χ4v) is 4.39. The monoisotopic (exact) mass is 368 g/mol. The van der Waals surface area contributed by atoms with E-state index < -0.39 is 0 Å². The quantitative estimate of drug-likeness (QED) is 0.335.